The van der Waals surface area contributed by atoms with Crippen molar-refractivity contribution in [2.24, 2.45) is 0 Å². The summed E-state index contributed by atoms with van der Waals surface area (Å²) in [5.74, 6) is 1.24. The van der Waals surface area contributed by atoms with Gasteiger partial charge in [-0.15, -0.1) is 0 Å². The fourth-order valence-electron chi connectivity index (χ4n) is 3.50. The second kappa shape index (κ2) is 7.26. The molecule has 140 valence electrons. The zero-order valence-electron chi connectivity index (χ0n) is 15.6. The summed E-state index contributed by atoms with van der Waals surface area (Å²) in [7, 11) is 3.81. The van der Waals surface area contributed by atoms with Gasteiger partial charge in [-0.05, 0) is 18.9 Å². The molecule has 3 aromatic rings. The first-order valence-electron chi connectivity index (χ1n) is 9.14. The second-order valence-electron chi connectivity index (χ2n) is 6.96. The van der Waals surface area contributed by atoms with E-state index in [1.807, 2.05) is 48.2 Å². The standard InChI is InChI=1S/C20H23N5O2/c1-24(2)18-19(22-10-9-21-18)27-14-6-5-11-25(13-14)20(26)16-12-23-17-8-4-3-7-15(16)17/h3-4,7-10,12,14,23H,5-6,11,13H2,1-2H3. The van der Waals surface area contributed by atoms with Gasteiger partial charge in [0, 0.05) is 50.1 Å². The number of benzene rings is 1. The molecule has 0 bridgehead atoms. The summed E-state index contributed by atoms with van der Waals surface area (Å²) in [5, 5.41) is 0.953. The molecule has 27 heavy (non-hydrogen) atoms. The summed E-state index contributed by atoms with van der Waals surface area (Å²) >= 11 is 0. The number of carbonyl (C=O) groups is 1. The number of aromatic amines is 1. The average Bonchev–Trinajstić information content (AvgIpc) is 3.12. The smallest absolute Gasteiger partial charge is 0.257 e. The third-order valence-corrected chi connectivity index (χ3v) is 4.83. The number of nitrogens with one attached hydrogen (secondary N) is 1. The first-order chi connectivity index (χ1) is 13.1. The van der Waals surface area contributed by atoms with Gasteiger partial charge in [0.25, 0.3) is 11.8 Å². The third kappa shape index (κ3) is 3.45. The van der Waals surface area contributed by atoms with Crippen LogP contribution < -0.4 is 9.64 Å². The van der Waals surface area contributed by atoms with Crippen LogP contribution in [0.2, 0.25) is 0 Å². The number of piperidine rings is 1. The highest BCUT2D eigenvalue weighted by molar-refractivity contribution is 6.06. The Bertz CT molecular complexity index is 952. The number of anilines is 1. The minimum Gasteiger partial charge on any atom is -0.470 e. The monoisotopic (exact) mass is 365 g/mol. The number of hydrogen-bond donors (Lipinski definition) is 1. The quantitative estimate of drug-likeness (QED) is 0.769. The van der Waals surface area contributed by atoms with E-state index in [0.717, 1.165) is 30.3 Å². The van der Waals surface area contributed by atoms with Crippen molar-refractivity contribution in [2.45, 2.75) is 18.9 Å². The number of likely N-dealkylation sites (tertiary alicyclic amines) is 1. The van der Waals surface area contributed by atoms with Crippen molar-refractivity contribution in [3.8, 4) is 5.88 Å². The van der Waals surface area contributed by atoms with Crippen LogP contribution in [0.1, 0.15) is 23.2 Å². The van der Waals surface area contributed by atoms with Crippen molar-refractivity contribution in [2.75, 3.05) is 32.1 Å². The van der Waals surface area contributed by atoms with E-state index in [9.17, 15) is 4.79 Å². The summed E-state index contributed by atoms with van der Waals surface area (Å²) in [5.41, 5.74) is 1.68. The minimum absolute atomic E-state index is 0.0349. The molecule has 3 heterocycles. The van der Waals surface area contributed by atoms with Gasteiger partial charge in [-0.2, -0.15) is 0 Å². The number of fused-ring (bicyclic) bond motifs is 1. The highest BCUT2D eigenvalue weighted by Gasteiger charge is 2.28. The zero-order chi connectivity index (χ0) is 18.8. The van der Waals surface area contributed by atoms with Gasteiger partial charge in [0.15, 0.2) is 5.82 Å². The van der Waals surface area contributed by atoms with E-state index in [-0.39, 0.29) is 12.0 Å². The molecule has 1 aliphatic rings. The van der Waals surface area contributed by atoms with E-state index < -0.39 is 0 Å². The van der Waals surface area contributed by atoms with Crippen molar-refractivity contribution in [3.63, 3.8) is 0 Å². The molecule has 0 radical (unpaired) electrons. The number of hydrogen-bond acceptors (Lipinski definition) is 5. The molecule has 1 aliphatic heterocycles. The Morgan fingerprint density at radius 3 is 2.93 bits per heavy atom. The van der Waals surface area contributed by atoms with Gasteiger partial charge in [-0.3, -0.25) is 4.79 Å². The molecule has 0 spiro atoms. The number of H-pyrrole nitrogens is 1. The summed E-state index contributed by atoms with van der Waals surface area (Å²) in [4.78, 5) is 28.6. The SMILES string of the molecule is CN(C)c1nccnc1OC1CCCN(C(=O)c2c[nH]c3ccccc23)C1. The fraction of sp³-hybridized carbons (Fsp3) is 0.350. The number of rotatable bonds is 4. The van der Waals surface area contributed by atoms with Gasteiger partial charge < -0.3 is 19.5 Å². The molecule has 1 saturated heterocycles. The molecule has 2 aromatic heterocycles. The number of para-hydroxylation sites is 1. The lowest BCUT2D eigenvalue weighted by molar-refractivity contribution is 0.0530. The molecule has 7 heteroatoms. The van der Waals surface area contributed by atoms with Crippen LogP contribution in [0, 0.1) is 0 Å². The lowest BCUT2D eigenvalue weighted by atomic mass is 10.1. The lowest BCUT2D eigenvalue weighted by Gasteiger charge is -2.33. The Morgan fingerprint density at radius 2 is 2.07 bits per heavy atom. The van der Waals surface area contributed by atoms with Gasteiger partial charge in [0.1, 0.15) is 6.10 Å². The molecule has 1 amide bonds. The Labute approximate surface area is 158 Å². The normalized spacial score (nSPS) is 17.1. The molecule has 0 aliphatic carbocycles. The highest BCUT2D eigenvalue weighted by atomic mass is 16.5. The average molecular weight is 365 g/mol. The number of ether oxygens (including phenoxy) is 1. The number of carbonyl (C=O) groups excluding carboxylic acids is 1. The van der Waals surface area contributed by atoms with Crippen LogP contribution in [-0.2, 0) is 0 Å². The van der Waals surface area contributed by atoms with Crippen LogP contribution >= 0.6 is 0 Å². The fourth-order valence-corrected chi connectivity index (χ4v) is 3.50. The first kappa shape index (κ1) is 17.3. The summed E-state index contributed by atoms with van der Waals surface area (Å²) in [6, 6.07) is 7.86. The maximum Gasteiger partial charge on any atom is 0.257 e. The predicted octanol–water partition coefficient (Wildman–Crippen LogP) is 2.71. The van der Waals surface area contributed by atoms with Crippen LogP contribution in [0.5, 0.6) is 5.88 Å². The third-order valence-electron chi connectivity index (χ3n) is 4.83. The van der Waals surface area contributed by atoms with Crippen molar-refractivity contribution in [3.05, 3.63) is 48.4 Å². The molecule has 4 rings (SSSR count). The van der Waals surface area contributed by atoms with Gasteiger partial charge >= 0.3 is 0 Å². The van der Waals surface area contributed by atoms with Crippen LogP contribution in [0.25, 0.3) is 10.9 Å². The zero-order valence-corrected chi connectivity index (χ0v) is 15.6. The minimum atomic E-state index is -0.0942. The number of aromatic nitrogens is 3. The van der Waals surface area contributed by atoms with Gasteiger partial charge in [0.05, 0.1) is 12.1 Å². The van der Waals surface area contributed by atoms with E-state index in [1.165, 1.54) is 0 Å². The summed E-state index contributed by atoms with van der Waals surface area (Å²) in [6.07, 6.45) is 6.76. The molecule has 7 nitrogen and oxygen atoms in total. The summed E-state index contributed by atoms with van der Waals surface area (Å²) < 4.78 is 6.12. The van der Waals surface area contributed by atoms with Crippen molar-refractivity contribution in [1.82, 2.24) is 19.9 Å². The van der Waals surface area contributed by atoms with E-state index in [4.69, 9.17) is 4.74 Å². The number of amides is 1. The maximum atomic E-state index is 13.1. The van der Waals surface area contributed by atoms with Gasteiger partial charge in [-0.25, -0.2) is 9.97 Å². The molecular weight excluding hydrogens is 342 g/mol. The molecule has 1 unspecified atom stereocenters. The Morgan fingerprint density at radius 1 is 1.26 bits per heavy atom. The molecule has 1 aromatic carbocycles. The predicted molar refractivity (Wildman–Crippen MR) is 104 cm³/mol. The molecule has 1 N–H and O–H groups in total. The first-order valence-corrected chi connectivity index (χ1v) is 9.14. The second-order valence-corrected chi connectivity index (χ2v) is 6.96. The van der Waals surface area contributed by atoms with Crippen molar-refractivity contribution < 1.29 is 9.53 Å². The van der Waals surface area contributed by atoms with Crippen LogP contribution in [0.15, 0.2) is 42.9 Å². The van der Waals surface area contributed by atoms with Crippen molar-refractivity contribution >= 4 is 22.6 Å². The van der Waals surface area contributed by atoms with Gasteiger partial charge in [-0.1, -0.05) is 18.2 Å². The van der Waals surface area contributed by atoms with Crippen molar-refractivity contribution in [1.29, 1.82) is 0 Å². The van der Waals surface area contributed by atoms with E-state index in [1.54, 1.807) is 18.6 Å². The van der Waals surface area contributed by atoms with E-state index in [0.29, 0.717) is 23.8 Å². The molecule has 1 atom stereocenters. The van der Waals surface area contributed by atoms with Crippen LogP contribution in [-0.4, -0.2) is 59.0 Å². The van der Waals surface area contributed by atoms with Crippen LogP contribution in [0.3, 0.4) is 0 Å². The maximum absolute atomic E-state index is 13.1. The van der Waals surface area contributed by atoms with E-state index >= 15 is 0 Å². The number of nitrogens with zero attached hydrogens (tertiary/aromatic N) is 4. The lowest BCUT2D eigenvalue weighted by Crippen LogP contribution is -2.44. The Hall–Kier alpha value is -3.09. The Kier molecular flexibility index (Phi) is 4.66. The largest absolute Gasteiger partial charge is 0.470 e. The Balaban J connectivity index is 1.51. The topological polar surface area (TPSA) is 74.3 Å². The molecule has 1 fully saturated rings. The van der Waals surface area contributed by atoms with Crippen LogP contribution in [0.4, 0.5) is 5.82 Å². The highest BCUT2D eigenvalue weighted by Crippen LogP contribution is 2.26. The van der Waals surface area contributed by atoms with E-state index in [2.05, 4.69) is 15.0 Å². The molecular formula is C20H23N5O2. The molecule has 0 saturated carbocycles. The van der Waals surface area contributed by atoms with Gasteiger partial charge in [0.2, 0.25) is 0 Å². The summed E-state index contributed by atoms with van der Waals surface area (Å²) in [6.45, 7) is 1.28.